The van der Waals surface area contributed by atoms with E-state index in [2.05, 4.69) is 4.74 Å². The van der Waals surface area contributed by atoms with Crippen molar-refractivity contribution in [3.8, 4) is 28.7 Å². The van der Waals surface area contributed by atoms with Gasteiger partial charge in [0.05, 0.1) is 37.8 Å². The second-order valence-electron chi connectivity index (χ2n) is 5.93. The predicted molar refractivity (Wildman–Crippen MR) is 106 cm³/mol. The maximum Gasteiger partial charge on any atom is 0.318 e. The maximum atomic E-state index is 11.3. The summed E-state index contributed by atoms with van der Waals surface area (Å²) in [6.07, 6.45) is 0.531. The minimum Gasteiger partial charge on any atom is -0.493 e. The van der Waals surface area contributed by atoms with Gasteiger partial charge in [0, 0.05) is 30.7 Å². The number of carbonyl (C=O) groups excluding carboxylic acids is 1. The second kappa shape index (κ2) is 10.6. The van der Waals surface area contributed by atoms with Gasteiger partial charge in [0.1, 0.15) is 5.75 Å². The molecule has 2 rings (SSSR count). The average Bonchev–Trinajstić information content (AvgIpc) is 2.76. The molecule has 0 saturated heterocycles. The first-order valence-electron chi connectivity index (χ1n) is 8.87. The summed E-state index contributed by atoms with van der Waals surface area (Å²) in [6, 6.07) is 6.07. The third-order valence-corrected chi connectivity index (χ3v) is 4.02. The van der Waals surface area contributed by atoms with Crippen molar-refractivity contribution in [3.63, 3.8) is 0 Å². The lowest BCUT2D eigenvalue weighted by atomic mass is 10.2. The van der Waals surface area contributed by atoms with Gasteiger partial charge in [-0.1, -0.05) is 0 Å². The van der Waals surface area contributed by atoms with Gasteiger partial charge in [0.15, 0.2) is 11.5 Å². The molecular formula is C19H20N2O10. The zero-order valence-electron chi connectivity index (χ0n) is 17.0. The van der Waals surface area contributed by atoms with Crippen molar-refractivity contribution < 1.29 is 38.3 Å². The molecular weight excluding hydrogens is 416 g/mol. The van der Waals surface area contributed by atoms with Gasteiger partial charge in [-0.3, -0.25) is 25.0 Å². The van der Waals surface area contributed by atoms with E-state index in [1.54, 1.807) is 0 Å². The number of ether oxygens (including phenoxy) is 5. The van der Waals surface area contributed by atoms with E-state index in [0.717, 1.165) is 12.1 Å². The van der Waals surface area contributed by atoms with Gasteiger partial charge < -0.3 is 23.7 Å². The van der Waals surface area contributed by atoms with Crippen LogP contribution >= 0.6 is 0 Å². The van der Waals surface area contributed by atoms with Gasteiger partial charge in [-0.15, -0.1) is 0 Å². The molecule has 31 heavy (non-hydrogen) atoms. The zero-order chi connectivity index (χ0) is 23.0. The molecule has 0 radical (unpaired) electrons. The fourth-order valence-corrected chi connectivity index (χ4v) is 2.57. The number of carbonyl (C=O) groups is 1. The van der Waals surface area contributed by atoms with Crippen LogP contribution in [0, 0.1) is 20.2 Å². The molecule has 0 amide bonds. The molecule has 0 unspecified atom stereocenters. The van der Waals surface area contributed by atoms with Crippen LogP contribution in [0.15, 0.2) is 30.3 Å². The van der Waals surface area contributed by atoms with E-state index in [4.69, 9.17) is 18.9 Å². The molecule has 12 nitrogen and oxygen atoms in total. The molecule has 0 fully saturated rings. The van der Waals surface area contributed by atoms with Crippen LogP contribution in [0.4, 0.5) is 11.4 Å². The second-order valence-corrected chi connectivity index (χ2v) is 5.93. The Labute approximate surface area is 176 Å². The monoisotopic (exact) mass is 436 g/mol. The fraction of sp³-hybridized carbons (Fsp3) is 0.316. The first kappa shape index (κ1) is 23.2. The van der Waals surface area contributed by atoms with Crippen LogP contribution in [0.2, 0.25) is 0 Å². The molecule has 2 aromatic carbocycles. The highest BCUT2D eigenvalue weighted by Crippen LogP contribution is 2.45. The number of nitro groups is 2. The number of para-hydroxylation sites is 1. The summed E-state index contributed by atoms with van der Waals surface area (Å²) in [7, 11) is 4.00. The average molecular weight is 436 g/mol. The number of nitrogens with zero attached hydrogens (tertiary/aromatic N) is 2. The lowest BCUT2D eigenvalue weighted by molar-refractivity contribution is -0.395. The number of esters is 1. The Morgan fingerprint density at radius 2 is 1.48 bits per heavy atom. The van der Waals surface area contributed by atoms with E-state index in [0.29, 0.717) is 6.42 Å². The molecule has 0 N–H and O–H groups in total. The topological polar surface area (TPSA) is 150 Å². The van der Waals surface area contributed by atoms with Crippen molar-refractivity contribution in [2.75, 3.05) is 27.9 Å². The standard InChI is InChI=1S/C19H20N2O10/c1-27-15-10-12(11-16(28-2)19(15)30-9-5-8-17(22)29-3)31-18-13(20(23)24)6-4-7-14(18)21(25)26/h4,6-7,10-11H,5,8-9H2,1-3H3. The lowest BCUT2D eigenvalue weighted by Gasteiger charge is -2.16. The van der Waals surface area contributed by atoms with E-state index in [1.807, 2.05) is 0 Å². The van der Waals surface area contributed by atoms with E-state index >= 15 is 0 Å². The normalized spacial score (nSPS) is 10.2. The quantitative estimate of drug-likeness (QED) is 0.221. The lowest BCUT2D eigenvalue weighted by Crippen LogP contribution is -2.06. The van der Waals surface area contributed by atoms with Crippen LogP contribution in [0.5, 0.6) is 28.7 Å². The number of benzene rings is 2. The van der Waals surface area contributed by atoms with Crippen LogP contribution in [0.25, 0.3) is 0 Å². The van der Waals surface area contributed by atoms with Crippen LogP contribution in [0.3, 0.4) is 0 Å². The molecule has 12 heteroatoms. The largest absolute Gasteiger partial charge is 0.493 e. The molecule has 0 aliphatic carbocycles. The Morgan fingerprint density at radius 3 is 1.94 bits per heavy atom. The van der Waals surface area contributed by atoms with Crippen molar-refractivity contribution in [2.45, 2.75) is 12.8 Å². The van der Waals surface area contributed by atoms with E-state index in [9.17, 15) is 25.0 Å². The molecule has 0 bridgehead atoms. The fourth-order valence-electron chi connectivity index (χ4n) is 2.57. The summed E-state index contributed by atoms with van der Waals surface area (Å²) < 4.78 is 26.3. The SMILES string of the molecule is COC(=O)CCCOc1c(OC)cc(Oc2c([N+](=O)[O-])cccc2[N+](=O)[O-])cc1OC. The molecule has 166 valence electrons. The predicted octanol–water partition coefficient (Wildman–Crippen LogP) is 3.64. The smallest absolute Gasteiger partial charge is 0.318 e. The minimum atomic E-state index is -0.782. The molecule has 2 aromatic rings. The Hall–Kier alpha value is -4.09. The highest BCUT2D eigenvalue weighted by molar-refractivity contribution is 5.69. The summed E-state index contributed by atoms with van der Waals surface area (Å²) in [5.41, 5.74) is -1.15. The number of hydrogen-bond donors (Lipinski definition) is 0. The highest BCUT2D eigenvalue weighted by Gasteiger charge is 2.28. The third-order valence-electron chi connectivity index (χ3n) is 4.02. The van der Waals surface area contributed by atoms with Crippen LogP contribution < -0.4 is 18.9 Å². The number of methoxy groups -OCH3 is 3. The van der Waals surface area contributed by atoms with Crippen LogP contribution in [0.1, 0.15) is 12.8 Å². The summed E-state index contributed by atoms with van der Waals surface area (Å²) in [5, 5.41) is 22.6. The van der Waals surface area contributed by atoms with Crippen molar-refractivity contribution in [3.05, 3.63) is 50.6 Å². The Morgan fingerprint density at radius 1 is 0.935 bits per heavy atom. The van der Waals surface area contributed by atoms with Crippen molar-refractivity contribution in [2.24, 2.45) is 0 Å². The minimum absolute atomic E-state index is 0.00647. The first-order chi connectivity index (χ1) is 14.8. The van der Waals surface area contributed by atoms with Crippen molar-refractivity contribution in [1.29, 1.82) is 0 Å². The first-order valence-corrected chi connectivity index (χ1v) is 8.87. The number of rotatable bonds is 11. The van der Waals surface area contributed by atoms with Gasteiger partial charge in [-0.05, 0) is 12.5 Å². The Kier molecular flexibility index (Phi) is 7.94. The van der Waals surface area contributed by atoms with Gasteiger partial charge >= 0.3 is 17.3 Å². The number of hydrogen-bond acceptors (Lipinski definition) is 10. The Balaban J connectivity index is 2.37. The van der Waals surface area contributed by atoms with Crippen LogP contribution in [-0.4, -0.2) is 43.8 Å². The molecule has 0 aliphatic rings. The van der Waals surface area contributed by atoms with Crippen molar-refractivity contribution in [1.82, 2.24) is 0 Å². The summed E-state index contributed by atoms with van der Waals surface area (Å²) in [4.78, 5) is 32.2. The van der Waals surface area contributed by atoms with E-state index in [1.165, 1.54) is 39.5 Å². The molecule has 0 atom stereocenters. The van der Waals surface area contributed by atoms with Crippen molar-refractivity contribution >= 4 is 17.3 Å². The van der Waals surface area contributed by atoms with Gasteiger partial charge in [-0.2, -0.15) is 0 Å². The van der Waals surface area contributed by atoms with Gasteiger partial charge in [0.2, 0.25) is 5.75 Å². The molecule has 0 saturated carbocycles. The highest BCUT2D eigenvalue weighted by atomic mass is 16.6. The molecule has 0 aliphatic heterocycles. The molecule has 0 spiro atoms. The van der Waals surface area contributed by atoms with Gasteiger partial charge in [0.25, 0.3) is 5.75 Å². The maximum absolute atomic E-state index is 11.3. The molecule has 0 aromatic heterocycles. The summed E-state index contributed by atoms with van der Waals surface area (Å²) >= 11 is 0. The third kappa shape index (κ3) is 5.72. The Bertz CT molecular complexity index is 919. The zero-order valence-corrected chi connectivity index (χ0v) is 17.0. The summed E-state index contributed by atoms with van der Waals surface area (Å²) in [6.45, 7) is 0.150. The molecule has 0 heterocycles. The number of nitro benzene ring substituents is 2. The van der Waals surface area contributed by atoms with E-state index < -0.39 is 27.0 Å². The van der Waals surface area contributed by atoms with Crippen LogP contribution in [-0.2, 0) is 9.53 Å². The van der Waals surface area contributed by atoms with Gasteiger partial charge in [-0.25, -0.2) is 0 Å². The van der Waals surface area contributed by atoms with E-state index in [-0.39, 0.29) is 42.0 Å². The summed E-state index contributed by atoms with van der Waals surface area (Å²) in [5.74, 6) is -0.389.